The topological polar surface area (TPSA) is 80.4 Å². The summed E-state index contributed by atoms with van der Waals surface area (Å²) in [5.74, 6) is -1.50. The van der Waals surface area contributed by atoms with Crippen LogP contribution in [0, 0.1) is 5.92 Å². The monoisotopic (exact) mass is 185 g/mol. The van der Waals surface area contributed by atoms with Crippen LogP contribution in [0.5, 0.6) is 0 Å². The van der Waals surface area contributed by atoms with E-state index in [1.54, 1.807) is 6.08 Å². The van der Waals surface area contributed by atoms with E-state index in [2.05, 4.69) is 6.58 Å². The lowest BCUT2D eigenvalue weighted by Gasteiger charge is -2.08. The fraction of sp³-hybridized carbons (Fsp3) is 0.556. The zero-order valence-electron chi connectivity index (χ0n) is 7.53. The van der Waals surface area contributed by atoms with Gasteiger partial charge in [-0.25, -0.2) is 0 Å². The van der Waals surface area contributed by atoms with Crippen molar-refractivity contribution in [1.29, 1.82) is 0 Å². The van der Waals surface area contributed by atoms with E-state index >= 15 is 0 Å². The third-order valence-corrected chi connectivity index (χ3v) is 1.80. The summed E-state index contributed by atoms with van der Waals surface area (Å²) < 4.78 is 0. The molecule has 0 bridgehead atoms. The number of aliphatic carboxylic acids is 1. The lowest BCUT2D eigenvalue weighted by atomic mass is 9.98. The maximum absolute atomic E-state index is 10.8. The number of carboxylic acids is 1. The van der Waals surface area contributed by atoms with Crippen LogP contribution < -0.4 is 5.73 Å². The molecule has 0 saturated carbocycles. The summed E-state index contributed by atoms with van der Waals surface area (Å²) in [6, 6.07) is 0. The highest BCUT2D eigenvalue weighted by atomic mass is 16.4. The molecule has 0 radical (unpaired) electrons. The number of primary amides is 1. The Balaban J connectivity index is 3.75. The summed E-state index contributed by atoms with van der Waals surface area (Å²) in [5.41, 5.74) is 5.11. The second-order valence-corrected chi connectivity index (χ2v) is 2.91. The maximum atomic E-state index is 10.8. The van der Waals surface area contributed by atoms with Crippen molar-refractivity contribution < 1.29 is 14.7 Å². The van der Waals surface area contributed by atoms with Crippen LogP contribution in [0.2, 0.25) is 0 Å². The van der Waals surface area contributed by atoms with Gasteiger partial charge in [0.25, 0.3) is 0 Å². The van der Waals surface area contributed by atoms with E-state index in [0.717, 1.165) is 0 Å². The first-order chi connectivity index (χ1) is 6.07. The van der Waals surface area contributed by atoms with E-state index in [0.29, 0.717) is 19.3 Å². The minimum absolute atomic E-state index is 0.0842. The summed E-state index contributed by atoms with van der Waals surface area (Å²) in [5, 5.41) is 8.36. The van der Waals surface area contributed by atoms with Crippen molar-refractivity contribution in [2.45, 2.75) is 25.7 Å². The van der Waals surface area contributed by atoms with Crippen LogP contribution in [0.15, 0.2) is 12.7 Å². The molecule has 1 unspecified atom stereocenters. The quantitative estimate of drug-likeness (QED) is 0.579. The van der Waals surface area contributed by atoms with Crippen LogP contribution >= 0.6 is 0 Å². The van der Waals surface area contributed by atoms with E-state index in [-0.39, 0.29) is 18.2 Å². The molecule has 4 nitrogen and oxygen atoms in total. The van der Waals surface area contributed by atoms with E-state index in [1.165, 1.54) is 0 Å². The lowest BCUT2D eigenvalue weighted by molar-refractivity contribution is -0.137. The van der Waals surface area contributed by atoms with Gasteiger partial charge in [0.2, 0.25) is 5.91 Å². The normalized spacial score (nSPS) is 12.0. The predicted octanol–water partition coefficient (Wildman–Crippen LogP) is 0.919. The van der Waals surface area contributed by atoms with Crippen LogP contribution in [-0.4, -0.2) is 17.0 Å². The molecule has 0 rings (SSSR count). The number of hydrogen-bond acceptors (Lipinski definition) is 2. The van der Waals surface area contributed by atoms with Crippen LogP contribution in [0.3, 0.4) is 0 Å². The van der Waals surface area contributed by atoms with Gasteiger partial charge in [-0.2, -0.15) is 0 Å². The summed E-state index contributed by atoms with van der Waals surface area (Å²) in [7, 11) is 0. The van der Waals surface area contributed by atoms with Crippen molar-refractivity contribution >= 4 is 11.9 Å². The zero-order chi connectivity index (χ0) is 10.3. The van der Waals surface area contributed by atoms with Gasteiger partial charge in [0.05, 0.1) is 0 Å². The Morgan fingerprint density at radius 3 is 2.54 bits per heavy atom. The first kappa shape index (κ1) is 11.7. The van der Waals surface area contributed by atoms with Crippen molar-refractivity contribution in [3.8, 4) is 0 Å². The van der Waals surface area contributed by atoms with Gasteiger partial charge in [-0.1, -0.05) is 6.08 Å². The van der Waals surface area contributed by atoms with Crippen molar-refractivity contribution in [3.63, 3.8) is 0 Å². The number of hydrogen-bond donors (Lipinski definition) is 2. The van der Waals surface area contributed by atoms with Crippen molar-refractivity contribution in [2.24, 2.45) is 11.7 Å². The number of nitrogens with two attached hydrogens (primary N) is 1. The molecule has 0 aliphatic rings. The lowest BCUT2D eigenvalue weighted by Crippen LogP contribution is -2.22. The number of amides is 1. The fourth-order valence-corrected chi connectivity index (χ4v) is 1.08. The molecule has 0 aliphatic carbocycles. The van der Waals surface area contributed by atoms with Gasteiger partial charge in [-0.15, -0.1) is 6.58 Å². The Hall–Kier alpha value is -1.32. The molecule has 0 fully saturated rings. The van der Waals surface area contributed by atoms with Crippen molar-refractivity contribution in [3.05, 3.63) is 12.7 Å². The average molecular weight is 185 g/mol. The van der Waals surface area contributed by atoms with Crippen molar-refractivity contribution in [2.75, 3.05) is 0 Å². The van der Waals surface area contributed by atoms with Gasteiger partial charge in [-0.3, -0.25) is 9.59 Å². The number of rotatable bonds is 7. The van der Waals surface area contributed by atoms with Crippen LogP contribution in [0.25, 0.3) is 0 Å². The Labute approximate surface area is 77.4 Å². The SMILES string of the molecule is C=CCC(CCCC(=O)O)C(N)=O. The average Bonchev–Trinajstić information content (AvgIpc) is 2.02. The molecule has 0 aromatic rings. The Morgan fingerprint density at radius 1 is 1.54 bits per heavy atom. The van der Waals surface area contributed by atoms with Crippen LogP contribution in [-0.2, 0) is 9.59 Å². The van der Waals surface area contributed by atoms with Crippen molar-refractivity contribution in [1.82, 2.24) is 0 Å². The third-order valence-electron chi connectivity index (χ3n) is 1.80. The molecule has 3 N–H and O–H groups in total. The molecule has 0 heterocycles. The van der Waals surface area contributed by atoms with E-state index in [9.17, 15) is 9.59 Å². The molecule has 1 atom stereocenters. The molecule has 0 aromatic carbocycles. The zero-order valence-corrected chi connectivity index (χ0v) is 7.53. The standard InChI is InChI=1S/C9H15NO3/c1-2-4-7(9(10)13)5-3-6-8(11)12/h2,7H,1,3-6H2,(H2,10,13)(H,11,12). The van der Waals surface area contributed by atoms with E-state index in [4.69, 9.17) is 10.8 Å². The molecule has 0 spiro atoms. The molecular formula is C9H15NO3. The van der Waals surface area contributed by atoms with Crippen LogP contribution in [0.4, 0.5) is 0 Å². The molecule has 0 saturated heterocycles. The fourth-order valence-electron chi connectivity index (χ4n) is 1.08. The molecular weight excluding hydrogens is 170 g/mol. The number of carbonyl (C=O) groups is 2. The summed E-state index contributed by atoms with van der Waals surface area (Å²) in [6.45, 7) is 3.50. The molecule has 1 amide bonds. The molecule has 0 aromatic heterocycles. The second-order valence-electron chi connectivity index (χ2n) is 2.91. The minimum Gasteiger partial charge on any atom is -0.481 e. The summed E-state index contributed by atoms with van der Waals surface area (Å²) >= 11 is 0. The largest absolute Gasteiger partial charge is 0.481 e. The Morgan fingerprint density at radius 2 is 2.15 bits per heavy atom. The van der Waals surface area contributed by atoms with Gasteiger partial charge >= 0.3 is 5.97 Å². The molecule has 13 heavy (non-hydrogen) atoms. The highest BCUT2D eigenvalue weighted by molar-refractivity contribution is 5.76. The third kappa shape index (κ3) is 5.90. The number of allylic oxidation sites excluding steroid dienone is 1. The number of carboxylic acid groups (broad SMARTS) is 1. The summed E-state index contributed by atoms with van der Waals surface area (Å²) in [6.07, 6.45) is 3.23. The predicted molar refractivity (Wildman–Crippen MR) is 49.0 cm³/mol. The Kier molecular flexibility index (Phi) is 5.59. The molecule has 0 aliphatic heterocycles. The first-order valence-corrected chi connectivity index (χ1v) is 4.20. The summed E-state index contributed by atoms with van der Waals surface area (Å²) in [4.78, 5) is 21.0. The van der Waals surface area contributed by atoms with Gasteiger partial charge in [0, 0.05) is 12.3 Å². The number of carbonyl (C=O) groups excluding carboxylic acids is 1. The van der Waals surface area contributed by atoms with E-state index < -0.39 is 5.97 Å². The van der Waals surface area contributed by atoms with E-state index in [1.807, 2.05) is 0 Å². The van der Waals surface area contributed by atoms with Gasteiger partial charge in [0.15, 0.2) is 0 Å². The van der Waals surface area contributed by atoms with Gasteiger partial charge in [0.1, 0.15) is 0 Å². The highest BCUT2D eigenvalue weighted by Crippen LogP contribution is 2.12. The molecule has 74 valence electrons. The second kappa shape index (κ2) is 6.22. The Bertz CT molecular complexity index is 201. The smallest absolute Gasteiger partial charge is 0.303 e. The minimum atomic E-state index is -0.846. The van der Waals surface area contributed by atoms with Gasteiger partial charge < -0.3 is 10.8 Å². The maximum Gasteiger partial charge on any atom is 0.303 e. The van der Waals surface area contributed by atoms with Gasteiger partial charge in [-0.05, 0) is 19.3 Å². The first-order valence-electron chi connectivity index (χ1n) is 4.20. The molecule has 4 heteroatoms. The van der Waals surface area contributed by atoms with Crippen LogP contribution in [0.1, 0.15) is 25.7 Å². The highest BCUT2D eigenvalue weighted by Gasteiger charge is 2.13.